The molecule has 0 aliphatic heterocycles. The van der Waals surface area contributed by atoms with Crippen molar-refractivity contribution in [3.05, 3.63) is 30.4 Å². The lowest BCUT2D eigenvalue weighted by atomic mass is 9.95. The van der Waals surface area contributed by atoms with E-state index in [-0.39, 0.29) is 5.41 Å². The quantitative estimate of drug-likeness (QED) is 0.930. The molecule has 0 atom stereocenters. The SMILES string of the molecule is CC(C)Cn1c(C(C)(C)C)nc(-c2cccnc2)c1N. The second kappa shape index (κ2) is 5.27. The maximum absolute atomic E-state index is 6.35. The van der Waals surface area contributed by atoms with Crippen molar-refractivity contribution in [1.82, 2.24) is 14.5 Å². The first-order valence-corrected chi connectivity index (χ1v) is 7.07. The molecule has 4 heteroatoms. The molecule has 0 spiro atoms. The van der Waals surface area contributed by atoms with E-state index in [2.05, 4.69) is 44.2 Å². The smallest absolute Gasteiger partial charge is 0.131 e. The lowest BCUT2D eigenvalue weighted by molar-refractivity contribution is 0.455. The fourth-order valence-corrected chi connectivity index (χ4v) is 2.30. The van der Waals surface area contributed by atoms with Crippen molar-refractivity contribution in [2.45, 2.75) is 46.6 Å². The van der Waals surface area contributed by atoms with Crippen LogP contribution in [0.2, 0.25) is 0 Å². The number of rotatable bonds is 3. The van der Waals surface area contributed by atoms with Crippen LogP contribution in [0.15, 0.2) is 24.5 Å². The van der Waals surface area contributed by atoms with E-state index in [0.717, 1.165) is 29.4 Å². The zero-order valence-electron chi connectivity index (χ0n) is 13.0. The van der Waals surface area contributed by atoms with Gasteiger partial charge in [0.25, 0.3) is 0 Å². The molecule has 2 rings (SSSR count). The van der Waals surface area contributed by atoms with Crippen LogP contribution < -0.4 is 5.73 Å². The van der Waals surface area contributed by atoms with E-state index in [9.17, 15) is 0 Å². The molecule has 0 bridgehead atoms. The molecule has 20 heavy (non-hydrogen) atoms. The second-order valence-electron chi connectivity index (χ2n) is 6.67. The molecular weight excluding hydrogens is 248 g/mol. The minimum atomic E-state index is -0.0382. The van der Waals surface area contributed by atoms with Crippen LogP contribution in [0.3, 0.4) is 0 Å². The van der Waals surface area contributed by atoms with Crippen LogP contribution in [-0.2, 0) is 12.0 Å². The van der Waals surface area contributed by atoms with E-state index in [1.54, 1.807) is 6.20 Å². The number of hydrogen-bond donors (Lipinski definition) is 1. The van der Waals surface area contributed by atoms with E-state index in [4.69, 9.17) is 10.7 Å². The van der Waals surface area contributed by atoms with E-state index >= 15 is 0 Å². The number of nitrogen functional groups attached to an aromatic ring is 1. The topological polar surface area (TPSA) is 56.7 Å². The number of anilines is 1. The summed E-state index contributed by atoms with van der Waals surface area (Å²) in [6.45, 7) is 11.8. The van der Waals surface area contributed by atoms with Gasteiger partial charge in [-0.05, 0) is 18.1 Å². The van der Waals surface area contributed by atoms with Gasteiger partial charge in [-0.25, -0.2) is 4.98 Å². The first-order chi connectivity index (χ1) is 9.30. The van der Waals surface area contributed by atoms with Crippen LogP contribution in [0.1, 0.15) is 40.4 Å². The molecule has 0 aromatic carbocycles. The Labute approximate surface area is 121 Å². The van der Waals surface area contributed by atoms with Crippen molar-refractivity contribution in [2.24, 2.45) is 5.92 Å². The third-order valence-corrected chi connectivity index (χ3v) is 3.16. The summed E-state index contributed by atoms with van der Waals surface area (Å²) in [5, 5.41) is 0. The second-order valence-corrected chi connectivity index (χ2v) is 6.67. The van der Waals surface area contributed by atoms with E-state index in [0.29, 0.717) is 5.92 Å². The molecule has 2 aromatic heterocycles. The van der Waals surface area contributed by atoms with Gasteiger partial charge in [-0.2, -0.15) is 0 Å². The highest BCUT2D eigenvalue weighted by molar-refractivity contribution is 5.70. The molecular formula is C16H24N4. The van der Waals surface area contributed by atoms with Crippen molar-refractivity contribution in [3.63, 3.8) is 0 Å². The monoisotopic (exact) mass is 272 g/mol. The van der Waals surface area contributed by atoms with Crippen molar-refractivity contribution in [1.29, 1.82) is 0 Å². The summed E-state index contributed by atoms with van der Waals surface area (Å²) in [6.07, 6.45) is 3.57. The Morgan fingerprint density at radius 1 is 1.30 bits per heavy atom. The summed E-state index contributed by atoms with van der Waals surface area (Å²) in [5.41, 5.74) is 8.12. The van der Waals surface area contributed by atoms with Gasteiger partial charge in [-0.15, -0.1) is 0 Å². The molecule has 0 amide bonds. The maximum Gasteiger partial charge on any atom is 0.131 e. The molecule has 0 saturated heterocycles. The predicted octanol–water partition coefficient (Wildman–Crippen LogP) is 3.48. The predicted molar refractivity (Wildman–Crippen MR) is 83.4 cm³/mol. The Balaban J connectivity index is 2.59. The minimum Gasteiger partial charge on any atom is -0.383 e. The Bertz CT molecular complexity index is 577. The van der Waals surface area contributed by atoms with Crippen LogP contribution in [0.5, 0.6) is 0 Å². The number of aromatic nitrogens is 3. The summed E-state index contributed by atoms with van der Waals surface area (Å²) in [7, 11) is 0. The van der Waals surface area contributed by atoms with E-state index in [1.165, 1.54) is 0 Å². The fourth-order valence-electron chi connectivity index (χ4n) is 2.30. The van der Waals surface area contributed by atoms with Gasteiger partial charge in [0.1, 0.15) is 17.3 Å². The molecule has 0 aliphatic rings. The molecule has 0 fully saturated rings. The van der Waals surface area contributed by atoms with Crippen molar-refractivity contribution in [2.75, 3.05) is 5.73 Å². The van der Waals surface area contributed by atoms with E-state index < -0.39 is 0 Å². The lowest BCUT2D eigenvalue weighted by Gasteiger charge is -2.21. The third-order valence-electron chi connectivity index (χ3n) is 3.16. The van der Waals surface area contributed by atoms with Gasteiger partial charge in [0, 0.05) is 29.9 Å². The standard InChI is InChI=1S/C16H24N4/c1-11(2)10-20-14(17)13(12-7-6-8-18-9-12)19-15(20)16(3,4)5/h6-9,11H,10,17H2,1-5H3. The van der Waals surface area contributed by atoms with Crippen LogP contribution in [0, 0.1) is 5.92 Å². The Kier molecular flexibility index (Phi) is 3.84. The Morgan fingerprint density at radius 2 is 2.00 bits per heavy atom. The molecule has 0 radical (unpaired) electrons. The normalized spacial score (nSPS) is 12.1. The summed E-state index contributed by atoms with van der Waals surface area (Å²) in [5.74, 6) is 2.29. The van der Waals surface area contributed by atoms with Gasteiger partial charge < -0.3 is 10.3 Å². The molecule has 2 heterocycles. The van der Waals surface area contributed by atoms with Crippen LogP contribution in [0.4, 0.5) is 5.82 Å². The van der Waals surface area contributed by atoms with Crippen LogP contribution in [0.25, 0.3) is 11.3 Å². The molecule has 2 N–H and O–H groups in total. The highest BCUT2D eigenvalue weighted by Gasteiger charge is 2.25. The highest BCUT2D eigenvalue weighted by atomic mass is 15.2. The highest BCUT2D eigenvalue weighted by Crippen LogP contribution is 2.32. The molecule has 108 valence electrons. The van der Waals surface area contributed by atoms with Gasteiger partial charge in [-0.3, -0.25) is 4.98 Å². The lowest BCUT2D eigenvalue weighted by Crippen LogP contribution is -2.21. The minimum absolute atomic E-state index is 0.0382. The summed E-state index contributed by atoms with van der Waals surface area (Å²) in [6, 6.07) is 3.91. The van der Waals surface area contributed by atoms with Crippen molar-refractivity contribution in [3.8, 4) is 11.3 Å². The van der Waals surface area contributed by atoms with Crippen LogP contribution in [-0.4, -0.2) is 14.5 Å². The summed E-state index contributed by atoms with van der Waals surface area (Å²) in [4.78, 5) is 8.96. The van der Waals surface area contributed by atoms with E-state index in [1.807, 2.05) is 18.3 Å². The summed E-state index contributed by atoms with van der Waals surface area (Å²) >= 11 is 0. The number of pyridine rings is 1. The molecule has 2 aromatic rings. The Hall–Kier alpha value is -1.84. The number of hydrogen-bond acceptors (Lipinski definition) is 3. The number of nitrogens with two attached hydrogens (primary N) is 1. The third kappa shape index (κ3) is 2.84. The molecule has 0 unspecified atom stereocenters. The molecule has 4 nitrogen and oxygen atoms in total. The Morgan fingerprint density at radius 3 is 2.50 bits per heavy atom. The summed E-state index contributed by atoms with van der Waals surface area (Å²) < 4.78 is 2.15. The van der Waals surface area contributed by atoms with Crippen molar-refractivity contribution < 1.29 is 0 Å². The largest absolute Gasteiger partial charge is 0.383 e. The van der Waals surface area contributed by atoms with Gasteiger partial charge in [0.15, 0.2) is 0 Å². The van der Waals surface area contributed by atoms with Gasteiger partial charge in [0.05, 0.1) is 0 Å². The van der Waals surface area contributed by atoms with Gasteiger partial charge in [0.2, 0.25) is 0 Å². The average molecular weight is 272 g/mol. The molecule has 0 saturated carbocycles. The van der Waals surface area contributed by atoms with Crippen molar-refractivity contribution >= 4 is 5.82 Å². The zero-order chi connectivity index (χ0) is 14.9. The van der Waals surface area contributed by atoms with Crippen LogP contribution >= 0.6 is 0 Å². The van der Waals surface area contributed by atoms with Gasteiger partial charge in [-0.1, -0.05) is 34.6 Å². The first kappa shape index (κ1) is 14.6. The molecule has 0 aliphatic carbocycles. The number of imidazole rings is 1. The fraction of sp³-hybridized carbons (Fsp3) is 0.500. The zero-order valence-corrected chi connectivity index (χ0v) is 13.0. The number of nitrogens with zero attached hydrogens (tertiary/aromatic N) is 3. The average Bonchev–Trinajstić information content (AvgIpc) is 2.67. The van der Waals surface area contributed by atoms with Gasteiger partial charge >= 0.3 is 0 Å². The first-order valence-electron chi connectivity index (χ1n) is 7.07. The maximum atomic E-state index is 6.35.